The second-order valence-electron chi connectivity index (χ2n) is 5.02. The van der Waals surface area contributed by atoms with E-state index in [4.69, 9.17) is 15.9 Å². The molecule has 0 spiro atoms. The SMILES string of the molecule is N=Cc1ccccn1.NC(=O)COc1ccc2c(c1)CCC(=O)N2. The molecule has 3 rings (SSSR count). The average Bonchev–Trinajstić information content (AvgIpc) is 2.61. The lowest BCUT2D eigenvalue weighted by Crippen LogP contribution is -2.21. The zero-order valence-corrected chi connectivity index (χ0v) is 13.0. The van der Waals surface area contributed by atoms with Crippen molar-refractivity contribution in [3.05, 3.63) is 53.9 Å². The number of hydrogen-bond acceptors (Lipinski definition) is 5. The van der Waals surface area contributed by atoms with Gasteiger partial charge in [-0.25, -0.2) is 0 Å². The highest BCUT2D eigenvalue weighted by Gasteiger charge is 2.15. The van der Waals surface area contributed by atoms with Crippen LogP contribution in [-0.4, -0.2) is 29.6 Å². The summed E-state index contributed by atoms with van der Waals surface area (Å²) in [6.07, 6.45) is 4.06. The van der Waals surface area contributed by atoms with E-state index < -0.39 is 5.91 Å². The van der Waals surface area contributed by atoms with Crippen LogP contribution in [0.25, 0.3) is 0 Å². The molecule has 0 unspecified atom stereocenters. The first-order chi connectivity index (χ1) is 11.6. The third-order valence-electron chi connectivity index (χ3n) is 3.19. The molecule has 0 saturated heterocycles. The van der Waals surface area contributed by atoms with E-state index in [1.807, 2.05) is 18.2 Å². The number of fused-ring (bicyclic) bond motifs is 1. The second-order valence-corrected chi connectivity index (χ2v) is 5.02. The summed E-state index contributed by atoms with van der Waals surface area (Å²) in [4.78, 5) is 25.5. The molecule has 0 atom stereocenters. The number of nitrogens with zero attached hydrogens (tertiary/aromatic N) is 1. The first-order valence-corrected chi connectivity index (χ1v) is 7.34. The van der Waals surface area contributed by atoms with Crippen LogP contribution in [0.3, 0.4) is 0 Å². The maximum Gasteiger partial charge on any atom is 0.255 e. The molecule has 1 aromatic heterocycles. The summed E-state index contributed by atoms with van der Waals surface area (Å²) in [7, 11) is 0. The molecule has 0 aliphatic carbocycles. The molecule has 4 N–H and O–H groups in total. The zero-order valence-electron chi connectivity index (χ0n) is 13.0. The van der Waals surface area contributed by atoms with Gasteiger partial charge in [-0.05, 0) is 42.3 Å². The van der Waals surface area contributed by atoms with Crippen LogP contribution in [-0.2, 0) is 16.0 Å². The summed E-state index contributed by atoms with van der Waals surface area (Å²) < 4.78 is 5.17. The van der Waals surface area contributed by atoms with Crippen molar-refractivity contribution in [1.82, 2.24) is 4.98 Å². The molecule has 0 bridgehead atoms. The summed E-state index contributed by atoms with van der Waals surface area (Å²) in [6.45, 7) is -0.134. The second kappa shape index (κ2) is 8.42. The molecule has 1 aliphatic rings. The van der Waals surface area contributed by atoms with E-state index >= 15 is 0 Å². The number of rotatable bonds is 4. The Hall–Kier alpha value is -3.22. The van der Waals surface area contributed by atoms with Gasteiger partial charge in [0.05, 0.1) is 5.69 Å². The number of aryl methyl sites for hydroxylation is 1. The smallest absolute Gasteiger partial charge is 0.255 e. The van der Waals surface area contributed by atoms with Crippen LogP contribution in [0.2, 0.25) is 0 Å². The van der Waals surface area contributed by atoms with E-state index in [0.717, 1.165) is 11.3 Å². The minimum absolute atomic E-state index is 0.0262. The summed E-state index contributed by atoms with van der Waals surface area (Å²) in [5, 5.41) is 9.52. The van der Waals surface area contributed by atoms with Crippen molar-refractivity contribution in [3.63, 3.8) is 0 Å². The summed E-state index contributed by atoms with van der Waals surface area (Å²) in [5.41, 5.74) is 7.50. The Morgan fingerprint density at radius 1 is 1.33 bits per heavy atom. The largest absolute Gasteiger partial charge is 0.484 e. The van der Waals surface area contributed by atoms with Gasteiger partial charge in [0.2, 0.25) is 5.91 Å². The van der Waals surface area contributed by atoms with Gasteiger partial charge in [-0.15, -0.1) is 0 Å². The lowest BCUT2D eigenvalue weighted by molar-refractivity contribution is -0.120. The van der Waals surface area contributed by atoms with Crippen molar-refractivity contribution in [2.45, 2.75) is 12.8 Å². The molecule has 124 valence electrons. The van der Waals surface area contributed by atoms with E-state index in [1.165, 1.54) is 6.21 Å². The normalized spacial score (nSPS) is 12.1. The number of ether oxygens (including phenoxy) is 1. The fourth-order valence-electron chi connectivity index (χ4n) is 2.07. The van der Waals surface area contributed by atoms with Gasteiger partial charge in [0.15, 0.2) is 6.61 Å². The average molecular weight is 326 g/mol. The van der Waals surface area contributed by atoms with Gasteiger partial charge in [0.25, 0.3) is 5.91 Å². The van der Waals surface area contributed by atoms with E-state index in [0.29, 0.717) is 24.3 Å². The number of aromatic nitrogens is 1. The number of nitrogens with two attached hydrogens (primary N) is 1. The molecule has 24 heavy (non-hydrogen) atoms. The quantitative estimate of drug-likeness (QED) is 0.738. The van der Waals surface area contributed by atoms with E-state index in [-0.39, 0.29) is 12.5 Å². The van der Waals surface area contributed by atoms with E-state index in [2.05, 4.69) is 10.3 Å². The first kappa shape index (κ1) is 17.1. The number of primary amides is 1. The highest BCUT2D eigenvalue weighted by molar-refractivity contribution is 5.94. The van der Waals surface area contributed by atoms with Crippen molar-refractivity contribution in [2.75, 3.05) is 11.9 Å². The molecule has 0 saturated carbocycles. The molecular formula is C17H18N4O3. The third-order valence-corrected chi connectivity index (χ3v) is 3.19. The van der Waals surface area contributed by atoms with Gasteiger partial charge in [0, 0.05) is 24.5 Å². The molecule has 2 aromatic rings. The topological polar surface area (TPSA) is 118 Å². The molecule has 7 heteroatoms. The maximum absolute atomic E-state index is 11.1. The van der Waals surface area contributed by atoms with Crippen LogP contribution in [0.5, 0.6) is 5.75 Å². The minimum Gasteiger partial charge on any atom is -0.484 e. The molecule has 0 fully saturated rings. The predicted molar refractivity (Wildman–Crippen MR) is 90.2 cm³/mol. The highest BCUT2D eigenvalue weighted by Crippen LogP contribution is 2.26. The van der Waals surface area contributed by atoms with Crippen LogP contribution in [0.4, 0.5) is 5.69 Å². The van der Waals surface area contributed by atoms with Gasteiger partial charge < -0.3 is 21.2 Å². The molecule has 1 aliphatic heterocycles. The monoisotopic (exact) mass is 326 g/mol. The fraction of sp³-hybridized carbons (Fsp3) is 0.176. The number of anilines is 1. The van der Waals surface area contributed by atoms with Crippen molar-refractivity contribution >= 4 is 23.7 Å². The van der Waals surface area contributed by atoms with Crippen LogP contribution in [0.1, 0.15) is 17.7 Å². The van der Waals surface area contributed by atoms with Crippen molar-refractivity contribution in [3.8, 4) is 5.75 Å². The number of nitrogens with one attached hydrogen (secondary N) is 2. The van der Waals surface area contributed by atoms with Gasteiger partial charge in [-0.1, -0.05) is 6.07 Å². The molecular weight excluding hydrogens is 308 g/mol. The van der Waals surface area contributed by atoms with Gasteiger partial charge in [-0.2, -0.15) is 0 Å². The van der Waals surface area contributed by atoms with Gasteiger partial charge in [0.1, 0.15) is 5.75 Å². The lowest BCUT2D eigenvalue weighted by atomic mass is 10.0. The number of carbonyl (C=O) groups is 2. The van der Waals surface area contributed by atoms with Crippen LogP contribution in [0, 0.1) is 5.41 Å². The summed E-state index contributed by atoms with van der Waals surface area (Å²) in [5.74, 6) is 0.109. The lowest BCUT2D eigenvalue weighted by Gasteiger charge is -2.17. The molecule has 1 aromatic carbocycles. The molecule has 0 radical (unpaired) electrons. The number of pyridine rings is 1. The highest BCUT2D eigenvalue weighted by atomic mass is 16.5. The third kappa shape index (κ3) is 5.20. The molecule has 2 amide bonds. The zero-order chi connectivity index (χ0) is 17.4. The number of hydrogen-bond donors (Lipinski definition) is 3. The Bertz CT molecular complexity index is 732. The Morgan fingerprint density at radius 2 is 2.17 bits per heavy atom. The Kier molecular flexibility index (Phi) is 6.01. The summed E-state index contributed by atoms with van der Waals surface area (Å²) in [6, 6.07) is 10.8. The van der Waals surface area contributed by atoms with Gasteiger partial charge in [-0.3, -0.25) is 14.6 Å². The predicted octanol–water partition coefficient (Wildman–Crippen LogP) is 1.51. The fourth-order valence-corrected chi connectivity index (χ4v) is 2.07. The Morgan fingerprint density at radius 3 is 2.79 bits per heavy atom. The van der Waals surface area contributed by atoms with Crippen LogP contribution in [0.15, 0.2) is 42.6 Å². The van der Waals surface area contributed by atoms with Crippen molar-refractivity contribution in [2.24, 2.45) is 5.73 Å². The van der Waals surface area contributed by atoms with E-state index in [1.54, 1.807) is 24.4 Å². The minimum atomic E-state index is -0.508. The Labute approximate surface area is 139 Å². The molecule has 2 heterocycles. The van der Waals surface area contributed by atoms with E-state index in [9.17, 15) is 9.59 Å². The standard InChI is InChI=1S/C11H12N2O3.C6H6N2/c12-10(14)6-16-8-2-3-9-7(5-8)1-4-11(15)13-9;7-5-6-3-1-2-4-8-6/h2-3,5H,1,4,6H2,(H2,12,14)(H,13,15);1-5,7H. The van der Waals surface area contributed by atoms with Crippen molar-refractivity contribution in [1.29, 1.82) is 5.41 Å². The number of carbonyl (C=O) groups excluding carboxylic acids is 2. The van der Waals surface area contributed by atoms with Crippen LogP contribution < -0.4 is 15.8 Å². The Balaban J connectivity index is 0.000000219. The van der Waals surface area contributed by atoms with Crippen molar-refractivity contribution < 1.29 is 14.3 Å². The maximum atomic E-state index is 11.1. The summed E-state index contributed by atoms with van der Waals surface area (Å²) >= 11 is 0. The number of benzene rings is 1. The van der Waals surface area contributed by atoms with Crippen LogP contribution >= 0.6 is 0 Å². The number of amides is 2. The van der Waals surface area contributed by atoms with Gasteiger partial charge >= 0.3 is 0 Å². The first-order valence-electron chi connectivity index (χ1n) is 7.34. The molecule has 7 nitrogen and oxygen atoms in total.